The van der Waals surface area contributed by atoms with Crippen molar-refractivity contribution < 1.29 is 0 Å². The van der Waals surface area contributed by atoms with Crippen molar-refractivity contribution in [3.05, 3.63) is 48.0 Å². The fourth-order valence-corrected chi connectivity index (χ4v) is 2.11. The quantitative estimate of drug-likeness (QED) is 0.688. The SMILES string of the molecule is Cc1cc(-c2ccc3[nH]cnc3c2)cc(C)n1. The third-order valence-corrected chi connectivity index (χ3v) is 2.84. The van der Waals surface area contributed by atoms with Crippen molar-refractivity contribution in [3.63, 3.8) is 0 Å². The second kappa shape index (κ2) is 3.70. The Morgan fingerprint density at radius 1 is 0.941 bits per heavy atom. The van der Waals surface area contributed by atoms with Crippen LogP contribution in [-0.2, 0) is 0 Å². The van der Waals surface area contributed by atoms with Gasteiger partial charge in [-0.3, -0.25) is 4.98 Å². The summed E-state index contributed by atoms with van der Waals surface area (Å²) < 4.78 is 0. The van der Waals surface area contributed by atoms with E-state index in [4.69, 9.17) is 0 Å². The zero-order valence-corrected chi connectivity index (χ0v) is 9.86. The van der Waals surface area contributed by atoms with Crippen LogP contribution >= 0.6 is 0 Å². The Labute approximate surface area is 99.5 Å². The molecule has 0 radical (unpaired) electrons. The normalized spacial score (nSPS) is 10.9. The van der Waals surface area contributed by atoms with Crippen LogP contribution in [0.25, 0.3) is 22.2 Å². The van der Waals surface area contributed by atoms with Crippen LogP contribution in [0.15, 0.2) is 36.7 Å². The van der Waals surface area contributed by atoms with E-state index in [1.54, 1.807) is 6.33 Å². The molecule has 3 aromatic rings. The molecule has 0 amide bonds. The van der Waals surface area contributed by atoms with Gasteiger partial charge in [0.25, 0.3) is 0 Å². The number of pyridine rings is 1. The number of nitrogens with one attached hydrogen (secondary N) is 1. The number of aromatic nitrogens is 3. The monoisotopic (exact) mass is 223 g/mol. The van der Waals surface area contributed by atoms with Crippen LogP contribution in [0.1, 0.15) is 11.4 Å². The number of aromatic amines is 1. The fraction of sp³-hybridized carbons (Fsp3) is 0.143. The van der Waals surface area contributed by atoms with Crippen molar-refractivity contribution >= 4 is 11.0 Å². The van der Waals surface area contributed by atoms with E-state index in [2.05, 4.69) is 45.3 Å². The van der Waals surface area contributed by atoms with Gasteiger partial charge in [-0.25, -0.2) is 4.98 Å². The van der Waals surface area contributed by atoms with Gasteiger partial charge in [0.2, 0.25) is 0 Å². The summed E-state index contributed by atoms with van der Waals surface area (Å²) in [7, 11) is 0. The summed E-state index contributed by atoms with van der Waals surface area (Å²) in [5.41, 5.74) is 6.52. The average Bonchev–Trinajstić information content (AvgIpc) is 2.74. The second-order valence-electron chi connectivity index (χ2n) is 4.27. The summed E-state index contributed by atoms with van der Waals surface area (Å²) in [5.74, 6) is 0. The van der Waals surface area contributed by atoms with Crippen molar-refractivity contribution in [2.24, 2.45) is 0 Å². The molecule has 0 aliphatic heterocycles. The third-order valence-electron chi connectivity index (χ3n) is 2.84. The van der Waals surface area contributed by atoms with E-state index in [-0.39, 0.29) is 0 Å². The predicted octanol–water partition coefficient (Wildman–Crippen LogP) is 3.24. The number of fused-ring (bicyclic) bond motifs is 1. The molecule has 17 heavy (non-hydrogen) atoms. The Hall–Kier alpha value is -2.16. The Balaban J connectivity index is 2.19. The number of imidazole rings is 1. The van der Waals surface area contributed by atoms with Crippen LogP contribution in [-0.4, -0.2) is 15.0 Å². The van der Waals surface area contributed by atoms with Gasteiger partial charge in [-0.1, -0.05) is 6.07 Å². The first-order valence-electron chi connectivity index (χ1n) is 5.61. The molecule has 0 saturated carbocycles. The summed E-state index contributed by atoms with van der Waals surface area (Å²) >= 11 is 0. The van der Waals surface area contributed by atoms with E-state index in [0.717, 1.165) is 22.4 Å². The van der Waals surface area contributed by atoms with Gasteiger partial charge < -0.3 is 4.98 Å². The number of benzene rings is 1. The number of nitrogens with zero attached hydrogens (tertiary/aromatic N) is 2. The van der Waals surface area contributed by atoms with Crippen molar-refractivity contribution in [1.82, 2.24) is 15.0 Å². The van der Waals surface area contributed by atoms with Gasteiger partial charge in [0.1, 0.15) is 0 Å². The minimum Gasteiger partial charge on any atom is -0.345 e. The highest BCUT2D eigenvalue weighted by atomic mass is 14.9. The number of H-pyrrole nitrogens is 1. The van der Waals surface area contributed by atoms with Crippen molar-refractivity contribution in [3.8, 4) is 11.1 Å². The average molecular weight is 223 g/mol. The minimum atomic E-state index is 0.995. The zero-order chi connectivity index (χ0) is 11.8. The standard InChI is InChI=1S/C14H13N3/c1-9-5-12(6-10(2)17-9)11-3-4-13-14(7-11)16-8-15-13/h3-8H,1-2H3,(H,15,16). The first-order chi connectivity index (χ1) is 8.22. The number of hydrogen-bond donors (Lipinski definition) is 1. The van der Waals surface area contributed by atoms with Crippen molar-refractivity contribution in [1.29, 1.82) is 0 Å². The Morgan fingerprint density at radius 3 is 2.47 bits per heavy atom. The lowest BCUT2D eigenvalue weighted by atomic mass is 10.0. The highest BCUT2D eigenvalue weighted by Crippen LogP contribution is 2.23. The molecule has 2 aromatic heterocycles. The first-order valence-corrected chi connectivity index (χ1v) is 5.61. The van der Waals surface area contributed by atoms with Crippen LogP contribution in [0.3, 0.4) is 0 Å². The second-order valence-corrected chi connectivity index (χ2v) is 4.27. The van der Waals surface area contributed by atoms with Gasteiger partial charge >= 0.3 is 0 Å². The number of hydrogen-bond acceptors (Lipinski definition) is 2. The van der Waals surface area contributed by atoms with Crippen LogP contribution < -0.4 is 0 Å². The summed E-state index contributed by atoms with van der Waals surface area (Å²) in [6.07, 6.45) is 1.72. The molecular weight excluding hydrogens is 210 g/mol. The highest BCUT2D eigenvalue weighted by Gasteiger charge is 2.03. The fourth-order valence-electron chi connectivity index (χ4n) is 2.11. The van der Waals surface area contributed by atoms with E-state index in [9.17, 15) is 0 Å². The molecule has 3 rings (SSSR count). The molecular formula is C14H13N3. The summed E-state index contributed by atoms with van der Waals surface area (Å²) in [4.78, 5) is 11.8. The van der Waals surface area contributed by atoms with Crippen molar-refractivity contribution in [2.75, 3.05) is 0 Å². The van der Waals surface area contributed by atoms with Crippen LogP contribution in [0.2, 0.25) is 0 Å². The topological polar surface area (TPSA) is 41.6 Å². The van der Waals surface area contributed by atoms with Crippen LogP contribution in [0, 0.1) is 13.8 Å². The Bertz CT molecular complexity index is 663. The Morgan fingerprint density at radius 2 is 1.71 bits per heavy atom. The van der Waals surface area contributed by atoms with E-state index < -0.39 is 0 Å². The summed E-state index contributed by atoms with van der Waals surface area (Å²) in [6.45, 7) is 4.03. The smallest absolute Gasteiger partial charge is 0.0931 e. The maximum Gasteiger partial charge on any atom is 0.0931 e. The van der Waals surface area contributed by atoms with Gasteiger partial charge in [0.15, 0.2) is 0 Å². The predicted molar refractivity (Wildman–Crippen MR) is 68.8 cm³/mol. The molecule has 0 spiro atoms. The molecule has 0 aliphatic carbocycles. The number of rotatable bonds is 1. The summed E-state index contributed by atoms with van der Waals surface area (Å²) in [5, 5.41) is 0. The number of aryl methyl sites for hydroxylation is 2. The third kappa shape index (κ3) is 1.80. The lowest BCUT2D eigenvalue weighted by Crippen LogP contribution is -1.88. The lowest BCUT2D eigenvalue weighted by Gasteiger charge is -2.04. The van der Waals surface area contributed by atoms with Gasteiger partial charge in [0, 0.05) is 11.4 Å². The highest BCUT2D eigenvalue weighted by molar-refractivity contribution is 5.81. The first kappa shape index (κ1) is 10.0. The lowest BCUT2D eigenvalue weighted by molar-refractivity contribution is 1.12. The molecule has 0 atom stereocenters. The maximum atomic E-state index is 4.39. The molecule has 0 aliphatic rings. The van der Waals surface area contributed by atoms with Gasteiger partial charge in [0.05, 0.1) is 17.4 Å². The summed E-state index contributed by atoms with van der Waals surface area (Å²) in [6, 6.07) is 10.5. The van der Waals surface area contributed by atoms with Crippen molar-refractivity contribution in [2.45, 2.75) is 13.8 Å². The van der Waals surface area contributed by atoms with Gasteiger partial charge in [-0.05, 0) is 49.2 Å². The molecule has 3 nitrogen and oxygen atoms in total. The Kier molecular flexibility index (Phi) is 2.18. The van der Waals surface area contributed by atoms with E-state index >= 15 is 0 Å². The maximum absolute atomic E-state index is 4.39. The minimum absolute atomic E-state index is 0.995. The van der Waals surface area contributed by atoms with E-state index in [1.165, 1.54) is 11.1 Å². The molecule has 0 bridgehead atoms. The molecule has 0 fully saturated rings. The molecule has 1 aromatic carbocycles. The van der Waals surface area contributed by atoms with E-state index in [0.29, 0.717) is 0 Å². The molecule has 3 heteroatoms. The zero-order valence-electron chi connectivity index (χ0n) is 9.86. The molecule has 0 saturated heterocycles. The molecule has 0 unspecified atom stereocenters. The van der Waals surface area contributed by atoms with Crippen LogP contribution in [0.5, 0.6) is 0 Å². The molecule has 2 heterocycles. The van der Waals surface area contributed by atoms with Crippen LogP contribution in [0.4, 0.5) is 0 Å². The molecule has 84 valence electrons. The molecule has 1 N–H and O–H groups in total. The van der Waals surface area contributed by atoms with Gasteiger partial charge in [-0.2, -0.15) is 0 Å². The van der Waals surface area contributed by atoms with Gasteiger partial charge in [-0.15, -0.1) is 0 Å². The largest absolute Gasteiger partial charge is 0.345 e. The van der Waals surface area contributed by atoms with E-state index in [1.807, 2.05) is 13.8 Å².